The first-order valence-electron chi connectivity index (χ1n) is 7.35. The van der Waals surface area contributed by atoms with E-state index in [0.29, 0.717) is 30.3 Å². The second-order valence-corrected chi connectivity index (χ2v) is 7.09. The fourth-order valence-electron chi connectivity index (χ4n) is 1.92. The average Bonchev–Trinajstić information content (AvgIpc) is 2.56. The number of carbonyl (C=O) groups is 1. The summed E-state index contributed by atoms with van der Waals surface area (Å²) in [5.41, 5.74) is 0.775. The Bertz CT molecular complexity index is 700. The van der Waals surface area contributed by atoms with E-state index >= 15 is 0 Å². The SMILES string of the molecule is CSc1cccc(NC(=O)NCCCOc2ccc(Br)cc2Cl)c1. The molecule has 0 fully saturated rings. The van der Waals surface area contributed by atoms with Crippen molar-refractivity contribution in [3.05, 3.63) is 52.0 Å². The van der Waals surface area contributed by atoms with Crippen molar-refractivity contribution in [2.45, 2.75) is 11.3 Å². The normalized spacial score (nSPS) is 10.3. The van der Waals surface area contributed by atoms with Crippen LogP contribution in [0.25, 0.3) is 0 Å². The smallest absolute Gasteiger partial charge is 0.319 e. The van der Waals surface area contributed by atoms with E-state index in [9.17, 15) is 4.79 Å². The van der Waals surface area contributed by atoms with Gasteiger partial charge in [0.2, 0.25) is 0 Å². The van der Waals surface area contributed by atoms with Gasteiger partial charge in [-0.3, -0.25) is 0 Å². The van der Waals surface area contributed by atoms with Crippen LogP contribution < -0.4 is 15.4 Å². The highest BCUT2D eigenvalue weighted by Crippen LogP contribution is 2.27. The zero-order valence-electron chi connectivity index (χ0n) is 13.1. The molecule has 0 aliphatic rings. The molecule has 0 saturated heterocycles. The lowest BCUT2D eigenvalue weighted by Gasteiger charge is -2.10. The van der Waals surface area contributed by atoms with Crippen LogP contribution in [0.3, 0.4) is 0 Å². The van der Waals surface area contributed by atoms with Gasteiger partial charge >= 0.3 is 6.03 Å². The molecule has 0 atom stereocenters. The van der Waals surface area contributed by atoms with Crippen LogP contribution in [0.4, 0.5) is 10.5 Å². The van der Waals surface area contributed by atoms with E-state index in [2.05, 4.69) is 26.6 Å². The van der Waals surface area contributed by atoms with Crippen molar-refractivity contribution in [1.82, 2.24) is 5.32 Å². The van der Waals surface area contributed by atoms with E-state index in [1.54, 1.807) is 17.8 Å². The van der Waals surface area contributed by atoms with Crippen LogP contribution in [0.5, 0.6) is 5.75 Å². The minimum absolute atomic E-state index is 0.227. The fraction of sp³-hybridized carbons (Fsp3) is 0.235. The molecule has 2 N–H and O–H groups in total. The Hall–Kier alpha value is -1.37. The van der Waals surface area contributed by atoms with Gasteiger partial charge in [-0.05, 0) is 49.1 Å². The Morgan fingerprint density at radius 2 is 2.12 bits per heavy atom. The van der Waals surface area contributed by atoms with Gasteiger partial charge in [0.15, 0.2) is 0 Å². The lowest BCUT2D eigenvalue weighted by molar-refractivity contribution is 0.250. The summed E-state index contributed by atoms with van der Waals surface area (Å²) in [6.07, 6.45) is 2.68. The molecule has 0 heterocycles. The molecule has 128 valence electrons. The summed E-state index contributed by atoms with van der Waals surface area (Å²) in [7, 11) is 0. The van der Waals surface area contributed by atoms with Gasteiger partial charge in [0.1, 0.15) is 5.75 Å². The van der Waals surface area contributed by atoms with Gasteiger partial charge in [-0.25, -0.2) is 4.79 Å². The molecule has 2 rings (SSSR count). The standard InChI is InChI=1S/C17H18BrClN2O2S/c1-24-14-5-2-4-13(11-14)21-17(22)20-8-3-9-23-16-7-6-12(18)10-15(16)19/h2,4-7,10-11H,3,8-9H2,1H3,(H2,20,21,22). The number of carbonyl (C=O) groups excluding carboxylic acids is 1. The predicted octanol–water partition coefficient (Wildman–Crippen LogP) is 5.42. The molecule has 7 heteroatoms. The van der Waals surface area contributed by atoms with E-state index in [0.717, 1.165) is 15.1 Å². The molecule has 0 aliphatic heterocycles. The van der Waals surface area contributed by atoms with Crippen molar-refractivity contribution in [3.63, 3.8) is 0 Å². The number of anilines is 1. The Morgan fingerprint density at radius 1 is 1.29 bits per heavy atom. The number of urea groups is 1. The second-order valence-electron chi connectivity index (χ2n) is 4.89. The molecule has 0 aromatic heterocycles. The molecule has 2 amide bonds. The molecule has 0 spiro atoms. The monoisotopic (exact) mass is 428 g/mol. The summed E-state index contributed by atoms with van der Waals surface area (Å²) >= 11 is 11.0. The first-order chi connectivity index (χ1) is 11.6. The summed E-state index contributed by atoms with van der Waals surface area (Å²) < 4.78 is 6.50. The number of benzene rings is 2. The summed E-state index contributed by atoms with van der Waals surface area (Å²) in [5.74, 6) is 0.637. The number of amides is 2. The van der Waals surface area contributed by atoms with Crippen LogP contribution in [0.1, 0.15) is 6.42 Å². The van der Waals surface area contributed by atoms with Gasteiger partial charge in [-0.15, -0.1) is 11.8 Å². The topological polar surface area (TPSA) is 50.4 Å². The first-order valence-corrected chi connectivity index (χ1v) is 9.75. The molecule has 0 saturated carbocycles. The van der Waals surface area contributed by atoms with Gasteiger partial charge < -0.3 is 15.4 Å². The number of halogens is 2. The van der Waals surface area contributed by atoms with E-state index in [1.807, 2.05) is 42.7 Å². The molecule has 2 aromatic rings. The quantitative estimate of drug-likeness (QED) is 0.457. The molecule has 0 bridgehead atoms. The van der Waals surface area contributed by atoms with Crippen LogP contribution in [-0.2, 0) is 0 Å². The predicted molar refractivity (Wildman–Crippen MR) is 105 cm³/mol. The molecular weight excluding hydrogens is 412 g/mol. The second kappa shape index (κ2) is 9.81. The minimum Gasteiger partial charge on any atom is -0.492 e. The van der Waals surface area contributed by atoms with Gasteiger partial charge in [0, 0.05) is 21.6 Å². The number of nitrogens with one attached hydrogen (secondary N) is 2. The van der Waals surface area contributed by atoms with Crippen molar-refractivity contribution in [2.75, 3.05) is 24.7 Å². The fourth-order valence-corrected chi connectivity index (χ4v) is 3.11. The Morgan fingerprint density at radius 3 is 2.88 bits per heavy atom. The maximum absolute atomic E-state index is 11.8. The third-order valence-corrected chi connectivity index (χ3v) is 4.60. The van der Waals surface area contributed by atoms with Gasteiger partial charge in [-0.2, -0.15) is 0 Å². The zero-order valence-corrected chi connectivity index (χ0v) is 16.3. The largest absolute Gasteiger partial charge is 0.492 e. The van der Waals surface area contributed by atoms with E-state index < -0.39 is 0 Å². The van der Waals surface area contributed by atoms with Crippen molar-refractivity contribution < 1.29 is 9.53 Å². The average molecular weight is 430 g/mol. The molecule has 4 nitrogen and oxygen atoms in total. The van der Waals surface area contributed by atoms with Gasteiger partial charge in [-0.1, -0.05) is 33.6 Å². The summed E-state index contributed by atoms with van der Waals surface area (Å²) in [6.45, 7) is 0.992. The summed E-state index contributed by atoms with van der Waals surface area (Å²) in [5, 5.41) is 6.17. The van der Waals surface area contributed by atoms with Crippen LogP contribution >= 0.6 is 39.3 Å². The molecule has 24 heavy (non-hydrogen) atoms. The van der Waals surface area contributed by atoms with Crippen molar-refractivity contribution >= 4 is 51.0 Å². The Balaban J connectivity index is 1.67. The highest BCUT2D eigenvalue weighted by Gasteiger charge is 2.04. The van der Waals surface area contributed by atoms with Crippen LogP contribution in [0.15, 0.2) is 51.8 Å². The van der Waals surface area contributed by atoms with Gasteiger partial charge in [0.25, 0.3) is 0 Å². The molecule has 0 aliphatic carbocycles. The summed E-state index contributed by atoms with van der Waals surface area (Å²) in [6, 6.07) is 12.9. The van der Waals surface area contributed by atoms with Crippen LogP contribution in [0, 0.1) is 0 Å². The number of ether oxygens (including phenoxy) is 1. The molecule has 0 radical (unpaired) electrons. The third kappa shape index (κ3) is 6.26. The number of rotatable bonds is 7. The highest BCUT2D eigenvalue weighted by molar-refractivity contribution is 9.10. The summed E-state index contributed by atoms with van der Waals surface area (Å²) in [4.78, 5) is 12.9. The maximum Gasteiger partial charge on any atom is 0.319 e. The van der Waals surface area contributed by atoms with Gasteiger partial charge in [0.05, 0.1) is 11.6 Å². The van der Waals surface area contributed by atoms with Crippen LogP contribution in [-0.4, -0.2) is 25.4 Å². The lowest BCUT2D eigenvalue weighted by atomic mass is 10.3. The minimum atomic E-state index is -0.227. The number of thioether (sulfide) groups is 1. The number of hydrogen-bond acceptors (Lipinski definition) is 3. The van der Waals surface area contributed by atoms with Crippen molar-refractivity contribution in [3.8, 4) is 5.75 Å². The lowest BCUT2D eigenvalue weighted by Crippen LogP contribution is -2.30. The van der Waals surface area contributed by atoms with Crippen molar-refractivity contribution in [1.29, 1.82) is 0 Å². The highest BCUT2D eigenvalue weighted by atomic mass is 79.9. The molecule has 2 aromatic carbocycles. The first kappa shape index (κ1) is 19.0. The Kier molecular flexibility index (Phi) is 7.75. The van der Waals surface area contributed by atoms with Crippen molar-refractivity contribution in [2.24, 2.45) is 0 Å². The number of hydrogen-bond donors (Lipinski definition) is 2. The van der Waals surface area contributed by atoms with E-state index in [-0.39, 0.29) is 6.03 Å². The van der Waals surface area contributed by atoms with E-state index in [1.165, 1.54) is 0 Å². The zero-order chi connectivity index (χ0) is 17.4. The maximum atomic E-state index is 11.8. The Labute approximate surface area is 159 Å². The molecule has 0 unspecified atom stereocenters. The third-order valence-electron chi connectivity index (χ3n) is 3.09. The van der Waals surface area contributed by atoms with Crippen LogP contribution in [0.2, 0.25) is 5.02 Å². The molecular formula is C17H18BrClN2O2S. The van der Waals surface area contributed by atoms with E-state index in [4.69, 9.17) is 16.3 Å².